The van der Waals surface area contributed by atoms with Crippen molar-refractivity contribution in [2.24, 2.45) is 0 Å². The molecule has 0 radical (unpaired) electrons. The standard InChI is InChI=1S/C16H14F4O/c1-2-10-3-5-11(6-4-10)15(21)12-7-8-13(14(17)9-12)16(18,19)20/h3-9,15,21H,2H2,1H3. The molecule has 112 valence electrons. The summed E-state index contributed by atoms with van der Waals surface area (Å²) in [6.45, 7) is 1.98. The zero-order valence-electron chi connectivity index (χ0n) is 11.3. The molecule has 0 spiro atoms. The molecular weight excluding hydrogens is 284 g/mol. The molecule has 0 aliphatic heterocycles. The van der Waals surface area contributed by atoms with Gasteiger partial charge in [0.15, 0.2) is 0 Å². The van der Waals surface area contributed by atoms with Crippen LogP contribution < -0.4 is 0 Å². The lowest BCUT2D eigenvalue weighted by molar-refractivity contribution is -0.140. The smallest absolute Gasteiger partial charge is 0.384 e. The van der Waals surface area contributed by atoms with E-state index in [-0.39, 0.29) is 5.56 Å². The second-order valence-electron chi connectivity index (χ2n) is 4.73. The Morgan fingerprint density at radius 2 is 1.57 bits per heavy atom. The maximum absolute atomic E-state index is 13.5. The maximum atomic E-state index is 13.5. The molecule has 1 unspecified atom stereocenters. The molecule has 1 nitrogen and oxygen atoms in total. The Kier molecular flexibility index (Phi) is 4.32. The minimum absolute atomic E-state index is 0.0877. The summed E-state index contributed by atoms with van der Waals surface area (Å²) in [5, 5.41) is 10.1. The lowest BCUT2D eigenvalue weighted by Crippen LogP contribution is -2.09. The largest absolute Gasteiger partial charge is 0.419 e. The van der Waals surface area contributed by atoms with E-state index < -0.39 is 23.7 Å². The Labute approximate surface area is 119 Å². The molecule has 5 heteroatoms. The highest BCUT2D eigenvalue weighted by molar-refractivity contribution is 5.34. The van der Waals surface area contributed by atoms with Crippen molar-refractivity contribution >= 4 is 0 Å². The molecule has 1 atom stereocenters. The Morgan fingerprint density at radius 1 is 1.00 bits per heavy atom. The normalized spacial score (nSPS) is 13.2. The van der Waals surface area contributed by atoms with Crippen LogP contribution in [0.3, 0.4) is 0 Å². The van der Waals surface area contributed by atoms with Crippen LogP contribution in [0.25, 0.3) is 0 Å². The average Bonchev–Trinajstić information content (AvgIpc) is 2.45. The number of aliphatic hydroxyl groups excluding tert-OH is 1. The molecule has 0 heterocycles. The summed E-state index contributed by atoms with van der Waals surface area (Å²) in [6, 6.07) is 9.45. The summed E-state index contributed by atoms with van der Waals surface area (Å²) in [5.74, 6) is -1.38. The molecule has 0 saturated carbocycles. The molecule has 0 fully saturated rings. The minimum Gasteiger partial charge on any atom is -0.384 e. The topological polar surface area (TPSA) is 20.2 Å². The van der Waals surface area contributed by atoms with Gasteiger partial charge in [-0.15, -0.1) is 0 Å². The van der Waals surface area contributed by atoms with E-state index in [4.69, 9.17) is 0 Å². The third-order valence-electron chi connectivity index (χ3n) is 3.32. The van der Waals surface area contributed by atoms with Crippen molar-refractivity contribution in [1.29, 1.82) is 0 Å². The molecule has 0 aromatic heterocycles. The van der Waals surface area contributed by atoms with Gasteiger partial charge in [0.2, 0.25) is 0 Å². The van der Waals surface area contributed by atoms with Crippen LogP contribution in [-0.2, 0) is 12.6 Å². The summed E-state index contributed by atoms with van der Waals surface area (Å²) < 4.78 is 51.0. The zero-order valence-corrected chi connectivity index (χ0v) is 11.3. The first-order chi connectivity index (χ1) is 9.82. The van der Waals surface area contributed by atoms with Gasteiger partial charge in [0, 0.05) is 0 Å². The van der Waals surface area contributed by atoms with Crippen LogP contribution in [0.15, 0.2) is 42.5 Å². The van der Waals surface area contributed by atoms with E-state index in [9.17, 15) is 22.7 Å². The number of benzene rings is 2. The van der Waals surface area contributed by atoms with E-state index in [1.807, 2.05) is 19.1 Å². The zero-order chi connectivity index (χ0) is 15.6. The summed E-state index contributed by atoms with van der Waals surface area (Å²) in [7, 11) is 0. The van der Waals surface area contributed by atoms with Crippen molar-refractivity contribution in [2.45, 2.75) is 25.6 Å². The number of aliphatic hydroxyl groups is 1. The Balaban J connectivity index is 2.30. The predicted molar refractivity (Wildman–Crippen MR) is 71.3 cm³/mol. The quantitative estimate of drug-likeness (QED) is 0.828. The fourth-order valence-electron chi connectivity index (χ4n) is 2.06. The van der Waals surface area contributed by atoms with Crippen molar-refractivity contribution in [3.05, 3.63) is 70.5 Å². The van der Waals surface area contributed by atoms with Crippen LogP contribution in [0.4, 0.5) is 17.6 Å². The predicted octanol–water partition coefficient (Wildman–Crippen LogP) is 4.49. The van der Waals surface area contributed by atoms with Crippen molar-refractivity contribution in [1.82, 2.24) is 0 Å². The van der Waals surface area contributed by atoms with Gasteiger partial charge in [-0.25, -0.2) is 4.39 Å². The van der Waals surface area contributed by atoms with Crippen molar-refractivity contribution < 1.29 is 22.7 Å². The van der Waals surface area contributed by atoms with Crippen LogP contribution in [0.5, 0.6) is 0 Å². The Hall–Kier alpha value is -1.88. The van der Waals surface area contributed by atoms with Gasteiger partial charge in [0.1, 0.15) is 11.9 Å². The van der Waals surface area contributed by atoms with Crippen LogP contribution >= 0.6 is 0 Å². The summed E-state index contributed by atoms with van der Waals surface area (Å²) in [4.78, 5) is 0. The fraction of sp³-hybridized carbons (Fsp3) is 0.250. The molecule has 2 aromatic rings. The lowest BCUT2D eigenvalue weighted by Gasteiger charge is -2.14. The first-order valence-electron chi connectivity index (χ1n) is 6.46. The van der Waals surface area contributed by atoms with Gasteiger partial charge in [-0.2, -0.15) is 13.2 Å². The second kappa shape index (κ2) is 5.85. The molecule has 0 amide bonds. The third-order valence-corrected chi connectivity index (χ3v) is 3.32. The molecule has 21 heavy (non-hydrogen) atoms. The van der Waals surface area contributed by atoms with E-state index in [1.165, 1.54) is 0 Å². The third kappa shape index (κ3) is 3.42. The fourth-order valence-corrected chi connectivity index (χ4v) is 2.06. The number of aryl methyl sites for hydroxylation is 1. The molecule has 0 bridgehead atoms. The number of alkyl halides is 3. The SMILES string of the molecule is CCc1ccc(C(O)c2ccc(C(F)(F)F)c(F)c2)cc1. The Morgan fingerprint density at radius 3 is 2.05 bits per heavy atom. The first kappa shape index (κ1) is 15.5. The number of rotatable bonds is 3. The van der Waals surface area contributed by atoms with Crippen molar-refractivity contribution in [3.8, 4) is 0 Å². The highest BCUT2D eigenvalue weighted by atomic mass is 19.4. The second-order valence-corrected chi connectivity index (χ2v) is 4.73. The summed E-state index contributed by atoms with van der Waals surface area (Å²) in [6.07, 6.45) is -5.06. The number of hydrogen-bond acceptors (Lipinski definition) is 1. The summed E-state index contributed by atoms with van der Waals surface area (Å²) in [5.41, 5.74) is 0.334. The van der Waals surface area contributed by atoms with Gasteiger partial charge in [-0.05, 0) is 35.2 Å². The van der Waals surface area contributed by atoms with E-state index in [1.54, 1.807) is 12.1 Å². The molecule has 0 aliphatic rings. The number of halogens is 4. The summed E-state index contributed by atoms with van der Waals surface area (Å²) >= 11 is 0. The monoisotopic (exact) mass is 298 g/mol. The van der Waals surface area contributed by atoms with Gasteiger partial charge in [-0.3, -0.25) is 0 Å². The molecule has 1 N–H and O–H groups in total. The van der Waals surface area contributed by atoms with Gasteiger partial charge in [-0.1, -0.05) is 37.3 Å². The first-order valence-corrected chi connectivity index (χ1v) is 6.46. The van der Waals surface area contributed by atoms with E-state index in [2.05, 4.69) is 0 Å². The molecule has 0 saturated heterocycles. The highest BCUT2D eigenvalue weighted by Crippen LogP contribution is 2.33. The minimum atomic E-state index is -4.74. The van der Waals surface area contributed by atoms with Gasteiger partial charge >= 0.3 is 6.18 Å². The molecule has 2 aromatic carbocycles. The Bertz CT molecular complexity index is 617. The molecule has 2 rings (SSSR count). The van der Waals surface area contributed by atoms with Crippen LogP contribution in [0, 0.1) is 5.82 Å². The van der Waals surface area contributed by atoms with Crippen LogP contribution in [0.2, 0.25) is 0 Å². The van der Waals surface area contributed by atoms with Crippen LogP contribution in [0.1, 0.15) is 35.3 Å². The number of hydrogen-bond donors (Lipinski definition) is 1. The average molecular weight is 298 g/mol. The van der Waals surface area contributed by atoms with Crippen LogP contribution in [-0.4, -0.2) is 5.11 Å². The van der Waals surface area contributed by atoms with Gasteiger partial charge < -0.3 is 5.11 Å². The van der Waals surface area contributed by atoms with Gasteiger partial charge in [0.25, 0.3) is 0 Å². The van der Waals surface area contributed by atoms with E-state index in [0.29, 0.717) is 11.6 Å². The van der Waals surface area contributed by atoms with Crippen molar-refractivity contribution in [3.63, 3.8) is 0 Å². The van der Waals surface area contributed by atoms with Gasteiger partial charge in [0.05, 0.1) is 5.56 Å². The van der Waals surface area contributed by atoms with E-state index in [0.717, 1.165) is 24.1 Å². The van der Waals surface area contributed by atoms with E-state index >= 15 is 0 Å². The van der Waals surface area contributed by atoms with Crippen molar-refractivity contribution in [2.75, 3.05) is 0 Å². The highest BCUT2D eigenvalue weighted by Gasteiger charge is 2.34. The lowest BCUT2D eigenvalue weighted by atomic mass is 9.98. The molecular formula is C16H14F4O. The molecule has 0 aliphatic carbocycles. The maximum Gasteiger partial charge on any atom is 0.419 e.